The molecule has 4 fully saturated rings. The number of nitrogens with one attached hydrogen (secondary N) is 3. The van der Waals surface area contributed by atoms with E-state index in [0.29, 0.717) is 17.8 Å². The lowest BCUT2D eigenvalue weighted by atomic mass is 9.80. The molecule has 4 aliphatic rings. The number of likely N-dealkylation sites (tertiary alicyclic amines) is 1. The smallest absolute Gasteiger partial charge is 0.223 e. The van der Waals surface area contributed by atoms with Crippen molar-refractivity contribution in [2.24, 2.45) is 29.4 Å². The first-order valence-electron chi connectivity index (χ1n) is 12.4. The Morgan fingerprint density at radius 1 is 1.17 bits per heavy atom. The van der Waals surface area contributed by atoms with Crippen LogP contribution < -0.4 is 21.7 Å². The molecule has 2 aliphatic carbocycles. The summed E-state index contributed by atoms with van der Waals surface area (Å²) in [4.78, 5) is 15.5. The van der Waals surface area contributed by atoms with Gasteiger partial charge in [-0.1, -0.05) is 26.2 Å². The summed E-state index contributed by atoms with van der Waals surface area (Å²) >= 11 is 6.63. The van der Waals surface area contributed by atoms with Crippen LogP contribution in [0.15, 0.2) is 0 Å². The average molecular weight is 440 g/mol. The third-order valence-electron chi connectivity index (χ3n) is 8.25. The average Bonchev–Trinajstić information content (AvgIpc) is 3.26. The fourth-order valence-corrected chi connectivity index (χ4v) is 6.45. The summed E-state index contributed by atoms with van der Waals surface area (Å²) in [5.74, 6) is 2.18. The maximum absolute atomic E-state index is 13.0. The molecule has 0 aromatic rings. The normalized spacial score (nSPS) is 41.6. The molecule has 2 heterocycles. The van der Waals surface area contributed by atoms with Crippen LogP contribution in [0.1, 0.15) is 64.7 Å². The summed E-state index contributed by atoms with van der Waals surface area (Å²) in [6.45, 7) is 5.92. The Bertz CT molecular complexity index is 572. The van der Waals surface area contributed by atoms with E-state index in [4.69, 9.17) is 17.3 Å². The molecule has 5 N–H and O–H groups in total. The molecule has 7 atom stereocenters. The van der Waals surface area contributed by atoms with Crippen molar-refractivity contribution in [2.45, 2.75) is 88.5 Å². The van der Waals surface area contributed by atoms with Gasteiger partial charge in [-0.25, -0.2) is 0 Å². The highest BCUT2D eigenvalue weighted by Gasteiger charge is 2.41. The zero-order valence-corrected chi connectivity index (χ0v) is 19.4. The van der Waals surface area contributed by atoms with Crippen molar-refractivity contribution in [3.05, 3.63) is 0 Å². The monoisotopic (exact) mass is 439 g/mol. The minimum Gasteiger partial charge on any atom is -0.349 e. The number of alkyl halides is 1. The van der Waals surface area contributed by atoms with Gasteiger partial charge in [0.05, 0.1) is 18.4 Å². The first kappa shape index (κ1) is 22.8. The number of nitrogens with zero attached hydrogens (tertiary/aromatic N) is 1. The van der Waals surface area contributed by atoms with Crippen molar-refractivity contribution < 1.29 is 4.79 Å². The van der Waals surface area contributed by atoms with Crippen molar-refractivity contribution in [1.82, 2.24) is 20.9 Å². The highest BCUT2D eigenvalue weighted by atomic mass is 35.5. The minimum absolute atomic E-state index is 0.0986. The number of carbonyl (C=O) groups excluding carboxylic acids is 1. The SMILES string of the molecule is CC1CCC(C2NCC(NC(=O)C3CCCCC3)C(N3CCC(CN)C3)N2)CC1Cl. The maximum atomic E-state index is 13.0. The molecule has 7 unspecified atom stereocenters. The molecule has 0 aromatic heterocycles. The van der Waals surface area contributed by atoms with Crippen molar-refractivity contribution in [3.8, 4) is 0 Å². The van der Waals surface area contributed by atoms with Crippen LogP contribution >= 0.6 is 11.6 Å². The largest absolute Gasteiger partial charge is 0.349 e. The topological polar surface area (TPSA) is 82.4 Å². The van der Waals surface area contributed by atoms with E-state index in [0.717, 1.165) is 51.9 Å². The molecule has 0 bridgehead atoms. The van der Waals surface area contributed by atoms with E-state index in [2.05, 4.69) is 27.8 Å². The lowest BCUT2D eigenvalue weighted by Crippen LogP contribution is -2.72. The number of carbonyl (C=O) groups is 1. The lowest BCUT2D eigenvalue weighted by Gasteiger charge is -2.47. The highest BCUT2D eigenvalue weighted by molar-refractivity contribution is 6.20. The molecule has 30 heavy (non-hydrogen) atoms. The standard InChI is InChI=1S/C23H42ClN5O/c1-15-7-8-18(11-19(15)24)21-26-13-20(27-23(30)17-5-3-2-4-6-17)22(28-21)29-10-9-16(12-25)14-29/h15-22,26,28H,2-14,25H2,1H3,(H,27,30). The van der Waals surface area contributed by atoms with Crippen LogP contribution in [-0.4, -0.2) is 60.7 Å². The lowest BCUT2D eigenvalue weighted by molar-refractivity contribution is -0.127. The number of amides is 1. The van der Waals surface area contributed by atoms with Crippen molar-refractivity contribution in [3.63, 3.8) is 0 Å². The predicted molar refractivity (Wildman–Crippen MR) is 122 cm³/mol. The number of hydrogen-bond donors (Lipinski definition) is 4. The number of halogens is 1. The van der Waals surface area contributed by atoms with Gasteiger partial charge in [0.15, 0.2) is 0 Å². The summed E-state index contributed by atoms with van der Waals surface area (Å²) in [5, 5.41) is 11.3. The molecular formula is C23H42ClN5O. The Kier molecular flexibility index (Phi) is 7.96. The van der Waals surface area contributed by atoms with Gasteiger partial charge in [0.25, 0.3) is 0 Å². The van der Waals surface area contributed by atoms with Crippen LogP contribution in [0.5, 0.6) is 0 Å². The zero-order chi connectivity index (χ0) is 21.1. The van der Waals surface area contributed by atoms with Crippen LogP contribution in [0.4, 0.5) is 0 Å². The van der Waals surface area contributed by atoms with Gasteiger partial charge in [0.1, 0.15) is 0 Å². The molecule has 2 saturated carbocycles. The summed E-state index contributed by atoms with van der Waals surface area (Å²) in [7, 11) is 0. The van der Waals surface area contributed by atoms with Gasteiger partial charge in [-0.05, 0) is 62.8 Å². The van der Waals surface area contributed by atoms with Crippen LogP contribution in [0.2, 0.25) is 0 Å². The van der Waals surface area contributed by atoms with Crippen LogP contribution in [0.3, 0.4) is 0 Å². The van der Waals surface area contributed by atoms with E-state index in [1.807, 2.05) is 0 Å². The van der Waals surface area contributed by atoms with Gasteiger partial charge in [-0.2, -0.15) is 0 Å². The molecule has 172 valence electrons. The minimum atomic E-state index is 0.0986. The van der Waals surface area contributed by atoms with Crippen molar-refractivity contribution >= 4 is 17.5 Å². The molecule has 6 nitrogen and oxygen atoms in total. The Balaban J connectivity index is 1.41. The predicted octanol–water partition coefficient (Wildman–Crippen LogP) is 2.22. The summed E-state index contributed by atoms with van der Waals surface area (Å²) in [6.07, 6.45) is 10.8. The first-order chi connectivity index (χ1) is 14.5. The highest BCUT2D eigenvalue weighted by Crippen LogP contribution is 2.35. The van der Waals surface area contributed by atoms with Gasteiger partial charge in [-0.3, -0.25) is 20.3 Å². The quantitative estimate of drug-likeness (QED) is 0.494. The Morgan fingerprint density at radius 2 is 1.97 bits per heavy atom. The summed E-state index contributed by atoms with van der Waals surface area (Å²) < 4.78 is 0. The third-order valence-corrected chi connectivity index (χ3v) is 8.85. The van der Waals surface area contributed by atoms with Gasteiger partial charge < -0.3 is 11.1 Å². The van der Waals surface area contributed by atoms with Gasteiger partial charge in [0.2, 0.25) is 5.91 Å². The molecular weight excluding hydrogens is 398 g/mol. The third kappa shape index (κ3) is 5.32. The first-order valence-corrected chi connectivity index (χ1v) is 12.9. The molecule has 2 saturated heterocycles. The van der Waals surface area contributed by atoms with E-state index >= 15 is 0 Å². The fraction of sp³-hybridized carbons (Fsp3) is 0.957. The second-order valence-electron chi connectivity index (χ2n) is 10.4. The Morgan fingerprint density at radius 3 is 2.67 bits per heavy atom. The molecule has 2 aliphatic heterocycles. The van der Waals surface area contributed by atoms with Crippen LogP contribution in [0, 0.1) is 23.7 Å². The van der Waals surface area contributed by atoms with Gasteiger partial charge in [-0.15, -0.1) is 11.6 Å². The fourth-order valence-electron chi connectivity index (χ4n) is 6.09. The Hall–Kier alpha value is -0.400. The summed E-state index contributed by atoms with van der Waals surface area (Å²) in [5.41, 5.74) is 5.97. The van der Waals surface area contributed by atoms with Gasteiger partial charge in [0, 0.05) is 30.9 Å². The van der Waals surface area contributed by atoms with E-state index in [1.54, 1.807) is 0 Å². The maximum Gasteiger partial charge on any atom is 0.223 e. The number of nitrogens with two attached hydrogens (primary N) is 1. The van der Waals surface area contributed by atoms with Crippen LogP contribution in [-0.2, 0) is 4.79 Å². The molecule has 0 spiro atoms. The Labute approximate surface area is 187 Å². The molecule has 0 radical (unpaired) electrons. The molecule has 1 amide bonds. The van der Waals surface area contributed by atoms with Crippen LogP contribution in [0.25, 0.3) is 0 Å². The molecule has 7 heteroatoms. The van der Waals surface area contributed by atoms with E-state index in [-0.39, 0.29) is 35.6 Å². The summed E-state index contributed by atoms with van der Waals surface area (Å²) in [6, 6.07) is 0.0986. The number of hydrogen-bond acceptors (Lipinski definition) is 5. The molecule has 0 aromatic carbocycles. The van der Waals surface area contributed by atoms with E-state index in [1.165, 1.54) is 32.1 Å². The molecule has 4 rings (SSSR count). The van der Waals surface area contributed by atoms with Crippen molar-refractivity contribution in [2.75, 3.05) is 26.2 Å². The van der Waals surface area contributed by atoms with E-state index in [9.17, 15) is 4.79 Å². The van der Waals surface area contributed by atoms with E-state index < -0.39 is 0 Å². The number of rotatable bonds is 5. The van der Waals surface area contributed by atoms with Gasteiger partial charge >= 0.3 is 0 Å². The zero-order valence-electron chi connectivity index (χ0n) is 18.6. The van der Waals surface area contributed by atoms with Crippen molar-refractivity contribution in [1.29, 1.82) is 0 Å². The second-order valence-corrected chi connectivity index (χ2v) is 11.0. The second kappa shape index (κ2) is 10.5.